The molecular weight excluding hydrogens is 316 g/mol. The molecule has 1 aromatic carbocycles. The third kappa shape index (κ3) is 3.10. The van der Waals surface area contributed by atoms with Crippen molar-refractivity contribution in [1.29, 1.82) is 0 Å². The van der Waals surface area contributed by atoms with Gasteiger partial charge in [0.25, 0.3) is 0 Å². The lowest BCUT2D eigenvalue weighted by Crippen LogP contribution is -2.16. The summed E-state index contributed by atoms with van der Waals surface area (Å²) in [5, 5.41) is 48.9. The van der Waals surface area contributed by atoms with Crippen molar-refractivity contribution >= 4 is 17.6 Å². The lowest BCUT2D eigenvalue weighted by molar-refractivity contribution is -0.117. The van der Waals surface area contributed by atoms with Gasteiger partial charge in [0, 0.05) is 24.0 Å². The Hall–Kier alpha value is -3.22. The van der Waals surface area contributed by atoms with Crippen LogP contribution in [-0.4, -0.2) is 37.6 Å². The molecule has 7 nitrogen and oxygen atoms in total. The highest BCUT2D eigenvalue weighted by Gasteiger charge is 2.27. The van der Waals surface area contributed by atoms with Crippen LogP contribution in [0.3, 0.4) is 0 Å². The topological polar surface area (TPSA) is 135 Å². The highest BCUT2D eigenvalue weighted by Crippen LogP contribution is 2.36. The molecule has 0 atom stereocenters. The van der Waals surface area contributed by atoms with Gasteiger partial charge in [0.1, 0.15) is 17.8 Å². The van der Waals surface area contributed by atoms with Crippen LogP contribution in [0.25, 0.3) is 5.57 Å². The Morgan fingerprint density at radius 1 is 1.12 bits per heavy atom. The van der Waals surface area contributed by atoms with E-state index in [1.807, 2.05) is 0 Å². The zero-order valence-electron chi connectivity index (χ0n) is 12.6. The second-order valence-corrected chi connectivity index (χ2v) is 5.19. The lowest BCUT2D eigenvalue weighted by Gasteiger charge is -2.19. The smallest absolute Gasteiger partial charge is 0.163 e. The minimum absolute atomic E-state index is 0.00611. The molecule has 1 aromatic rings. The number of benzene rings is 1. The van der Waals surface area contributed by atoms with Crippen LogP contribution in [0, 0.1) is 0 Å². The third-order valence-corrected chi connectivity index (χ3v) is 3.75. The van der Waals surface area contributed by atoms with E-state index in [4.69, 9.17) is 0 Å². The van der Waals surface area contributed by atoms with Gasteiger partial charge in [-0.25, -0.2) is 0 Å². The number of aliphatic hydroxyl groups excluding tert-OH is 3. The van der Waals surface area contributed by atoms with Gasteiger partial charge in [-0.3, -0.25) is 4.79 Å². The number of ketones is 1. The van der Waals surface area contributed by atoms with E-state index in [-0.39, 0.29) is 53.1 Å². The van der Waals surface area contributed by atoms with Crippen LogP contribution < -0.4 is 0 Å². The fourth-order valence-electron chi connectivity index (χ4n) is 2.47. The maximum atomic E-state index is 11.7. The van der Waals surface area contributed by atoms with Gasteiger partial charge in [0.05, 0.1) is 11.8 Å². The molecule has 0 unspecified atom stereocenters. The van der Waals surface area contributed by atoms with E-state index in [0.29, 0.717) is 12.5 Å². The molecule has 0 bridgehead atoms. The Labute approximate surface area is 137 Å². The summed E-state index contributed by atoms with van der Waals surface area (Å²) in [4.78, 5) is 22.4. The molecule has 0 saturated carbocycles. The minimum atomic E-state index is -0.490. The van der Waals surface area contributed by atoms with E-state index in [0.717, 1.165) is 6.07 Å². The van der Waals surface area contributed by atoms with Crippen LogP contribution in [-0.2, 0) is 9.59 Å². The molecule has 7 heteroatoms. The summed E-state index contributed by atoms with van der Waals surface area (Å²) >= 11 is 0. The summed E-state index contributed by atoms with van der Waals surface area (Å²) in [6.07, 6.45) is 0.813. The summed E-state index contributed by atoms with van der Waals surface area (Å²) in [5.74, 6) is -2.19. The zero-order valence-corrected chi connectivity index (χ0v) is 12.6. The van der Waals surface area contributed by atoms with Gasteiger partial charge in [-0.2, -0.15) is 0 Å². The van der Waals surface area contributed by atoms with Crippen LogP contribution >= 0.6 is 0 Å². The molecule has 1 aliphatic carbocycles. The number of aromatic hydroxyl groups is 2. The number of aliphatic hydroxyl groups is 3. The molecule has 0 amide bonds. The number of aldehydes is 1. The predicted molar refractivity (Wildman–Crippen MR) is 84.6 cm³/mol. The van der Waals surface area contributed by atoms with Gasteiger partial charge in [0.15, 0.2) is 17.3 Å². The van der Waals surface area contributed by atoms with Crippen molar-refractivity contribution in [3.05, 3.63) is 52.7 Å². The van der Waals surface area contributed by atoms with Gasteiger partial charge >= 0.3 is 0 Å². The first-order valence-electron chi connectivity index (χ1n) is 7.09. The van der Waals surface area contributed by atoms with Gasteiger partial charge in [0.2, 0.25) is 0 Å². The summed E-state index contributed by atoms with van der Waals surface area (Å²) < 4.78 is 0. The van der Waals surface area contributed by atoms with Crippen molar-refractivity contribution in [2.24, 2.45) is 0 Å². The lowest BCUT2D eigenvalue weighted by atomic mass is 9.88. The maximum Gasteiger partial charge on any atom is 0.163 e. The molecule has 126 valence electrons. The Kier molecular flexibility index (Phi) is 4.93. The largest absolute Gasteiger partial charge is 0.515 e. The Morgan fingerprint density at radius 2 is 1.83 bits per heavy atom. The monoisotopic (exact) mass is 332 g/mol. The number of rotatable bonds is 4. The highest BCUT2D eigenvalue weighted by molar-refractivity contribution is 6.00. The maximum absolute atomic E-state index is 11.7. The average Bonchev–Trinajstić information content (AvgIpc) is 2.55. The first-order valence-corrected chi connectivity index (χ1v) is 7.09. The normalized spacial score (nSPS) is 17.8. The Morgan fingerprint density at radius 3 is 2.42 bits per heavy atom. The fraction of sp³-hybridized carbons (Fsp3) is 0.176. The van der Waals surface area contributed by atoms with Crippen LogP contribution in [0.4, 0.5) is 0 Å². The van der Waals surface area contributed by atoms with Crippen LogP contribution in [0.5, 0.6) is 11.5 Å². The van der Waals surface area contributed by atoms with Crippen molar-refractivity contribution in [2.45, 2.75) is 19.3 Å². The van der Waals surface area contributed by atoms with E-state index in [9.17, 15) is 35.1 Å². The molecule has 0 aliphatic heterocycles. The van der Waals surface area contributed by atoms with Crippen molar-refractivity contribution in [2.75, 3.05) is 0 Å². The van der Waals surface area contributed by atoms with Crippen molar-refractivity contribution in [1.82, 2.24) is 0 Å². The number of Topliss-reactive ketones (excluding diaryl/α,β-unsaturated/α-hetero) is 1. The number of phenols is 2. The van der Waals surface area contributed by atoms with Crippen molar-refractivity contribution in [3.8, 4) is 11.5 Å². The van der Waals surface area contributed by atoms with Gasteiger partial charge in [-0.1, -0.05) is 6.07 Å². The molecule has 0 spiro atoms. The van der Waals surface area contributed by atoms with Crippen LogP contribution in [0.15, 0.2) is 47.1 Å². The molecule has 1 aliphatic rings. The van der Waals surface area contributed by atoms with Crippen LogP contribution in [0.1, 0.15) is 24.8 Å². The number of carbonyl (C=O) groups is 2. The van der Waals surface area contributed by atoms with Gasteiger partial charge in [-0.15, -0.1) is 0 Å². The standard InChI is InChI=1S/C17H16O7/c18-6-5-10-13(20)4-2-11(16(10)23)17(24)12(8-19)9-1-3-14(21)15(22)7-9/h1,3,6-8,19,21-24H,2,4-5H2/b12-8-,17-11?. The second kappa shape index (κ2) is 6.91. The van der Waals surface area contributed by atoms with Crippen molar-refractivity contribution < 1.29 is 35.1 Å². The van der Waals surface area contributed by atoms with E-state index in [1.165, 1.54) is 12.1 Å². The first-order chi connectivity index (χ1) is 11.4. The third-order valence-electron chi connectivity index (χ3n) is 3.75. The number of hydrogen-bond acceptors (Lipinski definition) is 7. The quantitative estimate of drug-likeness (QED) is 0.325. The molecule has 24 heavy (non-hydrogen) atoms. The molecule has 0 saturated heterocycles. The molecule has 5 N–H and O–H groups in total. The summed E-state index contributed by atoms with van der Waals surface area (Å²) in [6.45, 7) is 0. The van der Waals surface area contributed by atoms with E-state index < -0.39 is 17.3 Å². The number of hydrogen-bond donors (Lipinski definition) is 5. The number of allylic oxidation sites excluding steroid dienone is 3. The highest BCUT2D eigenvalue weighted by atomic mass is 16.3. The molecular formula is C17H16O7. The molecule has 0 fully saturated rings. The van der Waals surface area contributed by atoms with Crippen LogP contribution in [0.2, 0.25) is 0 Å². The fourth-order valence-corrected chi connectivity index (χ4v) is 2.47. The second-order valence-electron chi connectivity index (χ2n) is 5.19. The first kappa shape index (κ1) is 17.1. The molecule has 0 heterocycles. The average molecular weight is 332 g/mol. The Bertz CT molecular complexity index is 784. The Balaban J connectivity index is 2.55. The number of phenolic OH excluding ortho intramolecular Hbond substituents is 2. The zero-order chi connectivity index (χ0) is 17.9. The summed E-state index contributed by atoms with van der Waals surface area (Å²) in [6, 6.07) is 3.63. The van der Waals surface area contributed by atoms with Gasteiger partial charge in [-0.05, 0) is 24.1 Å². The van der Waals surface area contributed by atoms with E-state index in [1.54, 1.807) is 0 Å². The molecule has 0 aromatic heterocycles. The summed E-state index contributed by atoms with van der Waals surface area (Å²) in [5.41, 5.74) is -0.0194. The van der Waals surface area contributed by atoms with Gasteiger partial charge < -0.3 is 30.3 Å². The SMILES string of the molecule is O=CCC1=C(O)C(=C(O)/C(=C\O)c2ccc(O)c(O)c2)CCC1=O. The van der Waals surface area contributed by atoms with E-state index in [2.05, 4.69) is 0 Å². The summed E-state index contributed by atoms with van der Waals surface area (Å²) in [7, 11) is 0. The minimum Gasteiger partial charge on any atom is -0.515 e. The van der Waals surface area contributed by atoms with Crippen molar-refractivity contribution in [3.63, 3.8) is 0 Å². The number of carbonyl (C=O) groups excluding carboxylic acids is 2. The van der Waals surface area contributed by atoms with E-state index >= 15 is 0 Å². The molecule has 2 rings (SSSR count). The predicted octanol–water partition coefficient (Wildman–Crippen LogP) is 2.57. The molecule has 0 radical (unpaired) electrons.